The van der Waals surface area contributed by atoms with E-state index in [0.717, 1.165) is 52.1 Å². The number of piperazine rings is 1. The molecule has 1 aromatic heterocycles. The van der Waals surface area contributed by atoms with Crippen molar-refractivity contribution in [2.45, 2.75) is 12.8 Å². The standard InChI is InChI=1S/C13H22N8O/c14-11-16-12(15)18-13(17-11)21-7-5-19(6-8-21)9-10(22)20-3-1-2-4-20/h1-9H2,(H4,14,15,16,17,18). The summed E-state index contributed by atoms with van der Waals surface area (Å²) in [6, 6.07) is 0. The summed E-state index contributed by atoms with van der Waals surface area (Å²) in [5.74, 6) is 1.01. The summed E-state index contributed by atoms with van der Waals surface area (Å²) in [6.07, 6.45) is 2.25. The van der Waals surface area contributed by atoms with Gasteiger partial charge in [-0.15, -0.1) is 0 Å². The zero-order chi connectivity index (χ0) is 15.5. The van der Waals surface area contributed by atoms with Gasteiger partial charge in [0.2, 0.25) is 23.8 Å². The molecule has 4 N–H and O–H groups in total. The predicted molar refractivity (Wildman–Crippen MR) is 83.1 cm³/mol. The number of aromatic nitrogens is 3. The quantitative estimate of drug-likeness (QED) is 0.713. The van der Waals surface area contributed by atoms with E-state index in [0.29, 0.717) is 12.5 Å². The molecule has 0 aliphatic carbocycles. The summed E-state index contributed by atoms with van der Waals surface area (Å²) in [5.41, 5.74) is 11.2. The number of nitrogens with zero attached hydrogens (tertiary/aromatic N) is 6. The van der Waals surface area contributed by atoms with E-state index >= 15 is 0 Å². The molecular weight excluding hydrogens is 284 g/mol. The van der Waals surface area contributed by atoms with E-state index in [1.54, 1.807) is 0 Å². The first-order chi connectivity index (χ1) is 10.6. The molecule has 9 heteroatoms. The Labute approximate surface area is 129 Å². The molecule has 1 amide bonds. The molecule has 120 valence electrons. The smallest absolute Gasteiger partial charge is 0.236 e. The Morgan fingerprint density at radius 2 is 1.50 bits per heavy atom. The van der Waals surface area contributed by atoms with Crippen molar-refractivity contribution in [3.8, 4) is 0 Å². The molecule has 0 unspecified atom stereocenters. The van der Waals surface area contributed by atoms with Gasteiger partial charge in [-0.1, -0.05) is 0 Å². The fraction of sp³-hybridized carbons (Fsp3) is 0.692. The Morgan fingerprint density at radius 3 is 2.09 bits per heavy atom. The molecule has 2 saturated heterocycles. The van der Waals surface area contributed by atoms with E-state index in [1.165, 1.54) is 0 Å². The lowest BCUT2D eigenvalue weighted by atomic mass is 10.3. The average Bonchev–Trinajstić information content (AvgIpc) is 3.01. The normalized spacial score (nSPS) is 19.6. The van der Waals surface area contributed by atoms with Crippen LogP contribution >= 0.6 is 0 Å². The molecule has 2 fully saturated rings. The highest BCUT2D eigenvalue weighted by atomic mass is 16.2. The number of likely N-dealkylation sites (tertiary alicyclic amines) is 1. The fourth-order valence-electron chi connectivity index (χ4n) is 2.90. The fourth-order valence-corrected chi connectivity index (χ4v) is 2.90. The number of anilines is 3. The second kappa shape index (κ2) is 6.30. The van der Waals surface area contributed by atoms with Crippen LogP contribution in [0, 0.1) is 0 Å². The van der Waals surface area contributed by atoms with Crippen molar-refractivity contribution in [1.82, 2.24) is 24.8 Å². The van der Waals surface area contributed by atoms with Gasteiger partial charge in [-0.3, -0.25) is 9.69 Å². The molecule has 3 heterocycles. The largest absolute Gasteiger partial charge is 0.368 e. The number of nitrogens with two attached hydrogens (primary N) is 2. The van der Waals surface area contributed by atoms with E-state index in [4.69, 9.17) is 11.5 Å². The average molecular weight is 306 g/mol. The number of rotatable bonds is 3. The SMILES string of the molecule is Nc1nc(N)nc(N2CCN(CC(=O)N3CCCC3)CC2)n1. The molecule has 22 heavy (non-hydrogen) atoms. The number of amides is 1. The van der Waals surface area contributed by atoms with Crippen LogP contribution in [-0.4, -0.2) is 76.5 Å². The van der Waals surface area contributed by atoms with Crippen LogP contribution in [0.15, 0.2) is 0 Å². The van der Waals surface area contributed by atoms with Crippen molar-refractivity contribution in [3.63, 3.8) is 0 Å². The van der Waals surface area contributed by atoms with Crippen LogP contribution in [-0.2, 0) is 4.79 Å². The molecule has 0 bridgehead atoms. The highest BCUT2D eigenvalue weighted by Gasteiger charge is 2.24. The Bertz CT molecular complexity index is 517. The predicted octanol–water partition coefficient (Wildman–Crippen LogP) is -1.22. The summed E-state index contributed by atoms with van der Waals surface area (Å²) < 4.78 is 0. The highest BCUT2D eigenvalue weighted by molar-refractivity contribution is 5.78. The zero-order valence-corrected chi connectivity index (χ0v) is 12.6. The third-order valence-electron chi connectivity index (χ3n) is 4.13. The summed E-state index contributed by atoms with van der Waals surface area (Å²) in [6.45, 7) is 5.39. The van der Waals surface area contributed by atoms with Crippen molar-refractivity contribution >= 4 is 23.8 Å². The van der Waals surface area contributed by atoms with Gasteiger partial charge in [0.15, 0.2) is 0 Å². The van der Waals surface area contributed by atoms with Crippen LogP contribution in [0.1, 0.15) is 12.8 Å². The van der Waals surface area contributed by atoms with E-state index in [9.17, 15) is 4.79 Å². The topological polar surface area (TPSA) is 117 Å². The van der Waals surface area contributed by atoms with Crippen LogP contribution in [0.3, 0.4) is 0 Å². The number of carbonyl (C=O) groups excluding carboxylic acids is 1. The van der Waals surface area contributed by atoms with Crippen molar-refractivity contribution in [2.24, 2.45) is 0 Å². The Kier molecular flexibility index (Phi) is 4.23. The van der Waals surface area contributed by atoms with Crippen molar-refractivity contribution in [1.29, 1.82) is 0 Å². The minimum absolute atomic E-state index is 0.133. The van der Waals surface area contributed by atoms with Gasteiger partial charge < -0.3 is 21.3 Å². The van der Waals surface area contributed by atoms with Crippen LogP contribution in [0.4, 0.5) is 17.8 Å². The third-order valence-corrected chi connectivity index (χ3v) is 4.13. The second-order valence-corrected chi connectivity index (χ2v) is 5.70. The number of nitrogen functional groups attached to an aromatic ring is 2. The monoisotopic (exact) mass is 306 g/mol. The summed E-state index contributed by atoms with van der Waals surface area (Å²) >= 11 is 0. The van der Waals surface area contributed by atoms with Gasteiger partial charge in [-0.25, -0.2) is 0 Å². The molecule has 1 aromatic rings. The molecule has 0 spiro atoms. The van der Waals surface area contributed by atoms with Crippen molar-refractivity contribution in [2.75, 3.05) is 62.2 Å². The van der Waals surface area contributed by atoms with Crippen molar-refractivity contribution in [3.05, 3.63) is 0 Å². The number of hydrogen-bond donors (Lipinski definition) is 2. The maximum atomic E-state index is 12.2. The molecule has 2 aliphatic heterocycles. The second-order valence-electron chi connectivity index (χ2n) is 5.70. The highest BCUT2D eigenvalue weighted by Crippen LogP contribution is 2.14. The molecule has 0 radical (unpaired) electrons. The first-order valence-electron chi connectivity index (χ1n) is 7.64. The minimum Gasteiger partial charge on any atom is -0.368 e. The molecule has 2 aliphatic rings. The van der Waals surface area contributed by atoms with E-state index in [-0.39, 0.29) is 17.8 Å². The molecule has 3 rings (SSSR count). The van der Waals surface area contributed by atoms with Gasteiger partial charge in [0.1, 0.15) is 0 Å². The summed E-state index contributed by atoms with van der Waals surface area (Å²) in [7, 11) is 0. The molecule has 0 saturated carbocycles. The van der Waals surface area contributed by atoms with Gasteiger partial charge in [0.25, 0.3) is 0 Å². The van der Waals surface area contributed by atoms with E-state index in [2.05, 4.69) is 19.9 Å². The summed E-state index contributed by atoms with van der Waals surface area (Å²) in [5, 5.41) is 0. The Morgan fingerprint density at radius 1 is 0.909 bits per heavy atom. The molecule has 0 aromatic carbocycles. The lowest BCUT2D eigenvalue weighted by Gasteiger charge is -2.34. The number of carbonyl (C=O) groups is 1. The maximum absolute atomic E-state index is 12.2. The van der Waals surface area contributed by atoms with Crippen molar-refractivity contribution < 1.29 is 4.79 Å². The zero-order valence-electron chi connectivity index (χ0n) is 12.6. The molecule has 9 nitrogen and oxygen atoms in total. The van der Waals surface area contributed by atoms with E-state index < -0.39 is 0 Å². The first kappa shape index (κ1) is 14.8. The van der Waals surface area contributed by atoms with Gasteiger partial charge in [-0.2, -0.15) is 15.0 Å². The van der Waals surface area contributed by atoms with Gasteiger partial charge in [-0.05, 0) is 12.8 Å². The number of hydrogen-bond acceptors (Lipinski definition) is 8. The Hall–Kier alpha value is -2.16. The first-order valence-corrected chi connectivity index (χ1v) is 7.64. The van der Waals surface area contributed by atoms with Crippen LogP contribution in [0.5, 0.6) is 0 Å². The maximum Gasteiger partial charge on any atom is 0.236 e. The lowest BCUT2D eigenvalue weighted by molar-refractivity contribution is -0.131. The van der Waals surface area contributed by atoms with Gasteiger partial charge >= 0.3 is 0 Å². The minimum atomic E-state index is 0.133. The van der Waals surface area contributed by atoms with Gasteiger partial charge in [0, 0.05) is 39.3 Å². The molecular formula is C13H22N8O. The molecule has 0 atom stereocenters. The lowest BCUT2D eigenvalue weighted by Crippen LogP contribution is -2.50. The van der Waals surface area contributed by atoms with Gasteiger partial charge in [0.05, 0.1) is 6.54 Å². The third kappa shape index (κ3) is 3.35. The van der Waals surface area contributed by atoms with Crippen LogP contribution < -0.4 is 16.4 Å². The van der Waals surface area contributed by atoms with Crippen LogP contribution in [0.2, 0.25) is 0 Å². The van der Waals surface area contributed by atoms with Crippen LogP contribution in [0.25, 0.3) is 0 Å². The van der Waals surface area contributed by atoms with E-state index in [1.807, 2.05) is 9.80 Å². The Balaban J connectivity index is 1.52. The summed E-state index contributed by atoms with van der Waals surface area (Å²) in [4.78, 5) is 30.3.